The van der Waals surface area contributed by atoms with E-state index in [2.05, 4.69) is 29.8 Å². The van der Waals surface area contributed by atoms with Crippen LogP contribution < -0.4 is 15.3 Å². The molecule has 23 heavy (non-hydrogen) atoms. The van der Waals surface area contributed by atoms with Gasteiger partial charge in [-0.2, -0.15) is 10.2 Å². The number of anilines is 1. The topological polar surface area (TPSA) is 71.2 Å². The maximum atomic E-state index is 12.2. The second kappa shape index (κ2) is 5.43. The highest BCUT2D eigenvalue weighted by molar-refractivity contribution is 5.47. The minimum Gasteiger partial charge on any atom is -0.473 e. The normalized spacial score (nSPS) is 15.1. The van der Waals surface area contributed by atoms with Crippen LogP contribution in [0.3, 0.4) is 0 Å². The summed E-state index contributed by atoms with van der Waals surface area (Å²) in [6.07, 6.45) is 0. The first kappa shape index (κ1) is 15.1. The van der Waals surface area contributed by atoms with E-state index in [9.17, 15) is 4.79 Å². The SMILES string of the molecule is CN1c2cc(OCc3cccc(C#N)c3)nc(=O)n2CC1(C)C. The van der Waals surface area contributed by atoms with Gasteiger partial charge in [-0.3, -0.25) is 4.57 Å². The molecule has 0 radical (unpaired) electrons. The highest BCUT2D eigenvalue weighted by atomic mass is 16.5. The lowest BCUT2D eigenvalue weighted by molar-refractivity contribution is 0.291. The number of nitriles is 1. The molecule has 0 saturated heterocycles. The van der Waals surface area contributed by atoms with Gasteiger partial charge in [-0.05, 0) is 31.5 Å². The maximum Gasteiger partial charge on any atom is 0.352 e. The third-order valence-corrected chi connectivity index (χ3v) is 4.21. The molecule has 0 aliphatic carbocycles. The number of rotatable bonds is 3. The van der Waals surface area contributed by atoms with Gasteiger partial charge in [0.2, 0.25) is 5.88 Å². The lowest BCUT2D eigenvalue weighted by Gasteiger charge is -2.28. The molecule has 2 heterocycles. The van der Waals surface area contributed by atoms with Crippen LogP contribution in [0.2, 0.25) is 0 Å². The number of ether oxygens (including phenoxy) is 1. The summed E-state index contributed by atoms with van der Waals surface area (Å²) in [6, 6.07) is 11.0. The molecular formula is C17H18N4O2. The molecule has 6 heteroatoms. The van der Waals surface area contributed by atoms with Crippen molar-refractivity contribution in [3.05, 3.63) is 51.9 Å². The minimum absolute atomic E-state index is 0.131. The highest BCUT2D eigenvalue weighted by Gasteiger charge is 2.34. The third-order valence-electron chi connectivity index (χ3n) is 4.21. The van der Waals surface area contributed by atoms with E-state index in [1.54, 1.807) is 28.8 Å². The first-order chi connectivity index (χ1) is 10.9. The van der Waals surface area contributed by atoms with Gasteiger partial charge < -0.3 is 9.64 Å². The maximum absolute atomic E-state index is 12.2. The van der Waals surface area contributed by atoms with Crippen LogP contribution in [0.1, 0.15) is 25.0 Å². The molecule has 0 amide bonds. The van der Waals surface area contributed by atoms with Gasteiger partial charge in [0, 0.05) is 13.1 Å². The van der Waals surface area contributed by atoms with Crippen LogP contribution in [0, 0.1) is 11.3 Å². The summed E-state index contributed by atoms with van der Waals surface area (Å²) >= 11 is 0. The predicted molar refractivity (Wildman–Crippen MR) is 86.5 cm³/mol. The van der Waals surface area contributed by atoms with Crippen LogP contribution in [0.4, 0.5) is 5.82 Å². The zero-order valence-electron chi connectivity index (χ0n) is 13.4. The molecule has 0 unspecified atom stereocenters. The first-order valence-electron chi connectivity index (χ1n) is 7.38. The van der Waals surface area contributed by atoms with Crippen molar-refractivity contribution >= 4 is 5.82 Å². The number of nitrogens with zero attached hydrogens (tertiary/aromatic N) is 4. The Balaban J connectivity index is 1.83. The number of fused-ring (bicyclic) bond motifs is 1. The summed E-state index contributed by atoms with van der Waals surface area (Å²) in [5.74, 6) is 1.10. The van der Waals surface area contributed by atoms with Crippen LogP contribution in [0.15, 0.2) is 35.1 Å². The van der Waals surface area contributed by atoms with Crippen molar-refractivity contribution in [2.75, 3.05) is 11.9 Å². The quantitative estimate of drug-likeness (QED) is 0.866. The molecule has 2 aromatic rings. The van der Waals surface area contributed by atoms with E-state index in [1.807, 2.05) is 13.1 Å². The predicted octanol–water partition coefficient (Wildman–Crippen LogP) is 1.92. The van der Waals surface area contributed by atoms with E-state index in [1.165, 1.54) is 0 Å². The molecule has 6 nitrogen and oxygen atoms in total. The molecule has 0 fully saturated rings. The van der Waals surface area contributed by atoms with Crippen molar-refractivity contribution in [2.24, 2.45) is 0 Å². The zero-order chi connectivity index (χ0) is 16.6. The molecule has 0 N–H and O–H groups in total. The van der Waals surface area contributed by atoms with Crippen LogP contribution in [-0.4, -0.2) is 22.1 Å². The number of hydrogen-bond donors (Lipinski definition) is 0. The van der Waals surface area contributed by atoms with Crippen molar-refractivity contribution in [3.8, 4) is 11.9 Å². The van der Waals surface area contributed by atoms with E-state index >= 15 is 0 Å². The number of benzene rings is 1. The molecule has 0 bridgehead atoms. The fourth-order valence-electron chi connectivity index (χ4n) is 2.66. The second-order valence-corrected chi connectivity index (χ2v) is 6.29. The largest absolute Gasteiger partial charge is 0.473 e. The molecule has 0 atom stereocenters. The van der Waals surface area contributed by atoms with E-state index in [0.29, 0.717) is 18.0 Å². The lowest BCUT2D eigenvalue weighted by atomic mass is 10.1. The van der Waals surface area contributed by atoms with Crippen LogP contribution in [0.25, 0.3) is 0 Å². The Morgan fingerprint density at radius 2 is 2.17 bits per heavy atom. The summed E-state index contributed by atoms with van der Waals surface area (Å²) < 4.78 is 7.31. The van der Waals surface area contributed by atoms with Crippen LogP contribution in [-0.2, 0) is 13.2 Å². The van der Waals surface area contributed by atoms with Gasteiger partial charge in [-0.25, -0.2) is 4.79 Å². The van der Waals surface area contributed by atoms with Gasteiger partial charge in [0.1, 0.15) is 12.4 Å². The molecule has 1 aliphatic rings. The minimum atomic E-state index is -0.305. The summed E-state index contributed by atoms with van der Waals surface area (Å²) in [5.41, 5.74) is 1.00. The molecule has 3 rings (SSSR count). The lowest BCUT2D eigenvalue weighted by Crippen LogP contribution is -2.38. The highest BCUT2D eigenvalue weighted by Crippen LogP contribution is 2.31. The van der Waals surface area contributed by atoms with Crippen molar-refractivity contribution in [2.45, 2.75) is 32.5 Å². The Morgan fingerprint density at radius 3 is 2.91 bits per heavy atom. The summed E-state index contributed by atoms with van der Waals surface area (Å²) in [4.78, 5) is 18.2. The molecule has 118 valence electrons. The second-order valence-electron chi connectivity index (χ2n) is 6.29. The van der Waals surface area contributed by atoms with Crippen LogP contribution in [0.5, 0.6) is 5.88 Å². The molecule has 0 saturated carbocycles. The van der Waals surface area contributed by atoms with Gasteiger partial charge in [0.25, 0.3) is 0 Å². The Labute approximate surface area is 134 Å². The van der Waals surface area contributed by atoms with Crippen molar-refractivity contribution < 1.29 is 4.74 Å². The van der Waals surface area contributed by atoms with Crippen LogP contribution >= 0.6 is 0 Å². The number of hydrogen-bond acceptors (Lipinski definition) is 5. The number of aromatic nitrogens is 2. The molecule has 0 spiro atoms. The summed E-state index contributed by atoms with van der Waals surface area (Å²) in [5, 5.41) is 8.91. The van der Waals surface area contributed by atoms with Gasteiger partial charge in [-0.1, -0.05) is 12.1 Å². The van der Waals surface area contributed by atoms with E-state index in [-0.39, 0.29) is 17.8 Å². The summed E-state index contributed by atoms with van der Waals surface area (Å²) in [7, 11) is 1.96. The molecule has 1 aromatic carbocycles. The zero-order valence-corrected chi connectivity index (χ0v) is 13.4. The molecule has 1 aromatic heterocycles. The Kier molecular flexibility index (Phi) is 3.57. The van der Waals surface area contributed by atoms with Gasteiger partial charge in [-0.15, -0.1) is 0 Å². The fraction of sp³-hybridized carbons (Fsp3) is 0.353. The van der Waals surface area contributed by atoms with E-state index < -0.39 is 0 Å². The van der Waals surface area contributed by atoms with Gasteiger partial charge in [0.05, 0.1) is 23.7 Å². The summed E-state index contributed by atoms with van der Waals surface area (Å²) in [6.45, 7) is 5.02. The van der Waals surface area contributed by atoms with Crippen molar-refractivity contribution in [1.82, 2.24) is 9.55 Å². The van der Waals surface area contributed by atoms with Gasteiger partial charge in [0.15, 0.2) is 0 Å². The van der Waals surface area contributed by atoms with E-state index in [4.69, 9.17) is 10.00 Å². The standard InChI is InChI=1S/C17H18N4O2/c1-17(2)11-21-15(20(17)3)8-14(19-16(21)22)23-10-13-6-4-5-12(7-13)9-18/h4-8H,10-11H2,1-3H3. The Hall–Kier alpha value is -2.81. The third kappa shape index (κ3) is 2.78. The van der Waals surface area contributed by atoms with Crippen molar-refractivity contribution in [1.29, 1.82) is 5.26 Å². The average molecular weight is 310 g/mol. The molecule has 1 aliphatic heterocycles. The smallest absolute Gasteiger partial charge is 0.352 e. The Bertz CT molecular complexity index is 848. The van der Waals surface area contributed by atoms with Crippen molar-refractivity contribution in [3.63, 3.8) is 0 Å². The molecular weight excluding hydrogens is 292 g/mol. The fourth-order valence-corrected chi connectivity index (χ4v) is 2.66. The van der Waals surface area contributed by atoms with Gasteiger partial charge >= 0.3 is 5.69 Å². The van der Waals surface area contributed by atoms with E-state index in [0.717, 1.165) is 11.4 Å². The Morgan fingerprint density at radius 1 is 1.39 bits per heavy atom. The average Bonchev–Trinajstić information content (AvgIpc) is 2.77. The first-order valence-corrected chi connectivity index (χ1v) is 7.38. The monoisotopic (exact) mass is 310 g/mol. The number of likely N-dealkylation sites (N-methyl/N-ethyl adjacent to an activating group) is 1.